The first-order valence-electron chi connectivity index (χ1n) is 6.78. The average molecular weight is 224 g/mol. The van der Waals surface area contributed by atoms with Crippen LogP contribution in [-0.2, 0) is 4.79 Å². The van der Waals surface area contributed by atoms with Crippen molar-refractivity contribution < 1.29 is 4.79 Å². The Balaban J connectivity index is 1.76. The fraction of sp³-hybridized carbons (Fsp3) is 0.923. The van der Waals surface area contributed by atoms with Gasteiger partial charge in [-0.2, -0.15) is 0 Å². The van der Waals surface area contributed by atoms with Gasteiger partial charge in [-0.3, -0.25) is 4.79 Å². The van der Waals surface area contributed by atoms with Crippen molar-refractivity contribution in [1.82, 2.24) is 10.6 Å². The molecule has 1 saturated carbocycles. The van der Waals surface area contributed by atoms with Crippen LogP contribution in [0.5, 0.6) is 0 Å². The molecule has 2 fully saturated rings. The lowest BCUT2D eigenvalue weighted by Gasteiger charge is -2.25. The van der Waals surface area contributed by atoms with E-state index < -0.39 is 0 Å². The summed E-state index contributed by atoms with van der Waals surface area (Å²) in [5, 5.41) is 6.57. The largest absolute Gasteiger partial charge is 0.353 e. The number of rotatable bonds is 3. The first-order chi connectivity index (χ1) is 7.77. The first-order valence-corrected chi connectivity index (χ1v) is 6.78. The lowest BCUT2D eigenvalue weighted by Crippen LogP contribution is -2.42. The molecule has 1 aliphatic carbocycles. The summed E-state index contributed by atoms with van der Waals surface area (Å²) in [6, 6.07) is 0.337. The second-order valence-electron chi connectivity index (χ2n) is 5.39. The predicted octanol–water partition coefficient (Wildman–Crippen LogP) is 1.68. The maximum absolute atomic E-state index is 12.0. The Hall–Kier alpha value is -0.570. The van der Waals surface area contributed by atoms with Crippen molar-refractivity contribution in [2.75, 3.05) is 13.1 Å². The summed E-state index contributed by atoms with van der Waals surface area (Å²) in [5.74, 6) is 1.23. The molecule has 92 valence electrons. The third kappa shape index (κ3) is 2.97. The maximum atomic E-state index is 12.0. The number of carbonyl (C=O) groups is 1. The van der Waals surface area contributed by atoms with Gasteiger partial charge in [0.25, 0.3) is 0 Å². The monoisotopic (exact) mass is 224 g/mol. The molecule has 1 amide bonds. The Morgan fingerprint density at radius 3 is 2.62 bits per heavy atom. The average Bonchev–Trinajstić information content (AvgIpc) is 2.83. The summed E-state index contributed by atoms with van der Waals surface area (Å²) in [5.41, 5.74) is 0. The van der Waals surface area contributed by atoms with Crippen LogP contribution < -0.4 is 10.6 Å². The zero-order chi connectivity index (χ0) is 11.4. The van der Waals surface area contributed by atoms with Gasteiger partial charge in [-0.1, -0.05) is 19.3 Å². The molecule has 3 heteroatoms. The van der Waals surface area contributed by atoms with Crippen LogP contribution in [0.1, 0.15) is 45.4 Å². The Kier molecular flexibility index (Phi) is 4.22. The molecule has 0 bridgehead atoms. The van der Waals surface area contributed by atoms with Crippen LogP contribution in [-0.4, -0.2) is 25.0 Å². The normalized spacial score (nSPS) is 28.9. The molecule has 0 aromatic carbocycles. The van der Waals surface area contributed by atoms with Gasteiger partial charge in [-0.25, -0.2) is 0 Å². The highest BCUT2D eigenvalue weighted by atomic mass is 16.1. The smallest absolute Gasteiger partial charge is 0.223 e. The number of hydrogen-bond donors (Lipinski definition) is 2. The van der Waals surface area contributed by atoms with Gasteiger partial charge in [0.05, 0.1) is 0 Å². The van der Waals surface area contributed by atoms with E-state index in [1.54, 1.807) is 0 Å². The molecule has 2 unspecified atom stereocenters. The maximum Gasteiger partial charge on any atom is 0.223 e. The summed E-state index contributed by atoms with van der Waals surface area (Å²) in [6.45, 7) is 4.32. The topological polar surface area (TPSA) is 41.1 Å². The molecule has 0 spiro atoms. The Bertz CT molecular complexity index is 230. The minimum atomic E-state index is 0.297. The highest BCUT2D eigenvalue weighted by Crippen LogP contribution is 2.24. The molecule has 0 aromatic rings. The molecule has 2 aliphatic rings. The van der Waals surface area contributed by atoms with Crippen LogP contribution in [0.25, 0.3) is 0 Å². The van der Waals surface area contributed by atoms with Gasteiger partial charge in [-0.05, 0) is 45.2 Å². The van der Waals surface area contributed by atoms with E-state index in [-0.39, 0.29) is 0 Å². The van der Waals surface area contributed by atoms with Crippen molar-refractivity contribution >= 4 is 5.91 Å². The van der Waals surface area contributed by atoms with E-state index in [0.29, 0.717) is 23.8 Å². The van der Waals surface area contributed by atoms with Crippen molar-refractivity contribution in [3.63, 3.8) is 0 Å². The lowest BCUT2D eigenvalue weighted by atomic mass is 9.88. The van der Waals surface area contributed by atoms with Gasteiger partial charge in [-0.15, -0.1) is 0 Å². The summed E-state index contributed by atoms with van der Waals surface area (Å²) < 4.78 is 0. The van der Waals surface area contributed by atoms with Crippen molar-refractivity contribution in [2.24, 2.45) is 11.8 Å². The van der Waals surface area contributed by atoms with E-state index in [1.165, 1.54) is 25.7 Å². The Labute approximate surface area is 98.4 Å². The van der Waals surface area contributed by atoms with Crippen LogP contribution in [0, 0.1) is 11.8 Å². The summed E-state index contributed by atoms with van der Waals surface area (Å²) in [4.78, 5) is 12.0. The lowest BCUT2D eigenvalue weighted by molar-refractivity contribution is -0.126. The molecule has 16 heavy (non-hydrogen) atoms. The summed E-state index contributed by atoms with van der Waals surface area (Å²) in [7, 11) is 0. The van der Waals surface area contributed by atoms with Crippen molar-refractivity contribution in [3.8, 4) is 0 Å². The molecule has 2 atom stereocenters. The van der Waals surface area contributed by atoms with E-state index in [9.17, 15) is 4.79 Å². The molecule has 1 saturated heterocycles. The summed E-state index contributed by atoms with van der Waals surface area (Å²) in [6.07, 6.45) is 7.18. The highest BCUT2D eigenvalue weighted by Gasteiger charge is 2.26. The minimum Gasteiger partial charge on any atom is -0.353 e. The SMILES string of the molecule is CC(NC(=O)C1CCCCC1)C1CCNC1. The van der Waals surface area contributed by atoms with E-state index in [2.05, 4.69) is 17.6 Å². The fourth-order valence-corrected chi connectivity index (χ4v) is 2.93. The number of amides is 1. The van der Waals surface area contributed by atoms with Gasteiger partial charge in [0.2, 0.25) is 5.91 Å². The zero-order valence-corrected chi connectivity index (χ0v) is 10.3. The molecule has 0 radical (unpaired) electrons. The second-order valence-corrected chi connectivity index (χ2v) is 5.39. The first kappa shape index (κ1) is 11.9. The molecular weight excluding hydrogens is 200 g/mol. The van der Waals surface area contributed by atoms with Gasteiger partial charge in [0.1, 0.15) is 0 Å². The molecular formula is C13H24N2O. The quantitative estimate of drug-likeness (QED) is 0.766. The van der Waals surface area contributed by atoms with Gasteiger partial charge in [0.15, 0.2) is 0 Å². The third-order valence-electron chi connectivity index (χ3n) is 4.15. The molecule has 3 nitrogen and oxygen atoms in total. The van der Waals surface area contributed by atoms with Crippen LogP contribution in [0.15, 0.2) is 0 Å². The number of nitrogens with one attached hydrogen (secondary N) is 2. The standard InChI is InChI=1S/C13H24N2O/c1-10(12-7-8-14-9-12)15-13(16)11-5-3-2-4-6-11/h10-12,14H,2-9H2,1H3,(H,15,16). The molecule has 1 aliphatic heterocycles. The zero-order valence-electron chi connectivity index (χ0n) is 10.3. The Morgan fingerprint density at radius 1 is 1.25 bits per heavy atom. The molecule has 1 heterocycles. The van der Waals surface area contributed by atoms with Gasteiger partial charge in [0, 0.05) is 12.0 Å². The van der Waals surface area contributed by atoms with Crippen LogP contribution in [0.3, 0.4) is 0 Å². The fourth-order valence-electron chi connectivity index (χ4n) is 2.93. The van der Waals surface area contributed by atoms with E-state index in [0.717, 1.165) is 25.9 Å². The second kappa shape index (κ2) is 5.67. The number of hydrogen-bond acceptors (Lipinski definition) is 2. The van der Waals surface area contributed by atoms with Crippen LogP contribution >= 0.6 is 0 Å². The highest BCUT2D eigenvalue weighted by molar-refractivity contribution is 5.79. The predicted molar refractivity (Wildman–Crippen MR) is 65.2 cm³/mol. The molecule has 0 aromatic heterocycles. The number of carbonyl (C=O) groups excluding carboxylic acids is 1. The summed E-state index contributed by atoms with van der Waals surface area (Å²) >= 11 is 0. The van der Waals surface area contributed by atoms with Crippen molar-refractivity contribution in [3.05, 3.63) is 0 Å². The van der Waals surface area contributed by atoms with Gasteiger partial charge >= 0.3 is 0 Å². The van der Waals surface area contributed by atoms with Gasteiger partial charge < -0.3 is 10.6 Å². The van der Waals surface area contributed by atoms with E-state index >= 15 is 0 Å². The Morgan fingerprint density at radius 2 is 2.00 bits per heavy atom. The third-order valence-corrected chi connectivity index (χ3v) is 4.15. The minimum absolute atomic E-state index is 0.297. The van der Waals surface area contributed by atoms with Crippen LogP contribution in [0.4, 0.5) is 0 Å². The van der Waals surface area contributed by atoms with E-state index in [4.69, 9.17) is 0 Å². The van der Waals surface area contributed by atoms with Crippen LogP contribution in [0.2, 0.25) is 0 Å². The molecule has 2 N–H and O–H groups in total. The van der Waals surface area contributed by atoms with Crippen molar-refractivity contribution in [2.45, 2.75) is 51.5 Å². The van der Waals surface area contributed by atoms with Crippen molar-refractivity contribution in [1.29, 1.82) is 0 Å². The molecule has 2 rings (SSSR count). The van der Waals surface area contributed by atoms with E-state index in [1.807, 2.05) is 0 Å².